The van der Waals surface area contributed by atoms with Crippen LogP contribution in [0.2, 0.25) is 0 Å². The van der Waals surface area contributed by atoms with Crippen LogP contribution in [0.3, 0.4) is 0 Å². The van der Waals surface area contributed by atoms with E-state index in [1.807, 2.05) is 0 Å². The molecular formula is C7H13IO2S. The molecule has 66 valence electrons. The summed E-state index contributed by atoms with van der Waals surface area (Å²) in [6.45, 7) is 2.84. The van der Waals surface area contributed by atoms with Gasteiger partial charge in [0.1, 0.15) is 4.61 Å². The van der Waals surface area contributed by atoms with E-state index in [0.717, 1.165) is 6.42 Å². The maximum Gasteiger partial charge on any atom is 0.353 e. The van der Waals surface area contributed by atoms with Crippen LogP contribution >= 0.6 is 34.8 Å². The molecule has 0 fully saturated rings. The second kappa shape index (κ2) is 8.52. The summed E-state index contributed by atoms with van der Waals surface area (Å²) in [5.41, 5.74) is 0. The maximum absolute atomic E-state index is 5.09. The molecule has 0 saturated carbocycles. The lowest BCUT2D eigenvalue weighted by Gasteiger charge is -2.05. The fourth-order valence-electron chi connectivity index (χ4n) is 0.594. The maximum atomic E-state index is 5.09. The molecule has 11 heavy (non-hydrogen) atoms. The molecule has 0 radical (unpaired) electrons. The lowest BCUT2D eigenvalue weighted by atomic mass is 10.3. The van der Waals surface area contributed by atoms with Gasteiger partial charge in [0.25, 0.3) is 0 Å². The highest BCUT2D eigenvalue weighted by Gasteiger charge is 1.95. The molecule has 0 N–H and O–H groups in total. The molecule has 0 unspecified atom stereocenters. The molecule has 0 aliphatic carbocycles. The van der Waals surface area contributed by atoms with Crippen LogP contribution in [0.25, 0.3) is 0 Å². The van der Waals surface area contributed by atoms with Crippen LogP contribution in [-0.4, -0.2) is 16.5 Å². The molecule has 0 saturated heterocycles. The highest BCUT2D eigenvalue weighted by Crippen LogP contribution is 1.96. The zero-order valence-electron chi connectivity index (χ0n) is 6.64. The van der Waals surface area contributed by atoms with Gasteiger partial charge in [0, 0.05) is 12.2 Å². The van der Waals surface area contributed by atoms with Crippen molar-refractivity contribution in [1.29, 1.82) is 0 Å². The van der Waals surface area contributed by atoms with Gasteiger partial charge in [-0.3, -0.25) is 0 Å². The van der Waals surface area contributed by atoms with Gasteiger partial charge in [0.2, 0.25) is 0 Å². The standard InChI is InChI=1S/C7H13IO2S/c1-2-3-4-5-9-7(11)10-6-8/h2-6H2,1H3. The van der Waals surface area contributed by atoms with Crippen molar-refractivity contribution in [2.24, 2.45) is 0 Å². The average Bonchev–Trinajstić information content (AvgIpc) is 1.99. The molecule has 0 aliphatic heterocycles. The Morgan fingerprint density at radius 3 is 2.64 bits per heavy atom. The number of hydrogen-bond acceptors (Lipinski definition) is 3. The summed E-state index contributed by atoms with van der Waals surface area (Å²) in [5.74, 6) is 0. The molecular weight excluding hydrogens is 275 g/mol. The third-order valence-corrected chi connectivity index (χ3v) is 1.69. The minimum atomic E-state index is 0.274. The van der Waals surface area contributed by atoms with Crippen molar-refractivity contribution < 1.29 is 9.47 Å². The molecule has 0 amide bonds. The Balaban J connectivity index is 3.04. The van der Waals surface area contributed by atoms with Gasteiger partial charge in [-0.15, -0.1) is 0 Å². The number of hydrogen-bond donors (Lipinski definition) is 0. The van der Waals surface area contributed by atoms with Gasteiger partial charge in [0.05, 0.1) is 6.61 Å². The lowest BCUT2D eigenvalue weighted by Crippen LogP contribution is -2.06. The Morgan fingerprint density at radius 1 is 1.36 bits per heavy atom. The second-order valence-corrected chi connectivity index (χ2v) is 3.02. The summed E-state index contributed by atoms with van der Waals surface area (Å²) in [7, 11) is 0. The molecule has 0 bridgehead atoms. The quantitative estimate of drug-likeness (QED) is 0.335. The first kappa shape index (κ1) is 11.4. The molecule has 0 heterocycles. The Kier molecular flexibility index (Phi) is 8.84. The Morgan fingerprint density at radius 2 is 2.09 bits per heavy atom. The van der Waals surface area contributed by atoms with Crippen molar-refractivity contribution in [3.63, 3.8) is 0 Å². The van der Waals surface area contributed by atoms with Crippen LogP contribution < -0.4 is 0 Å². The van der Waals surface area contributed by atoms with Gasteiger partial charge in [-0.25, -0.2) is 0 Å². The number of unbranched alkanes of at least 4 members (excludes halogenated alkanes) is 2. The number of alkyl halides is 1. The van der Waals surface area contributed by atoms with E-state index in [-0.39, 0.29) is 5.24 Å². The lowest BCUT2D eigenvalue weighted by molar-refractivity contribution is 0.203. The van der Waals surface area contributed by atoms with E-state index in [2.05, 4.69) is 29.5 Å². The van der Waals surface area contributed by atoms with E-state index in [9.17, 15) is 0 Å². The Bertz CT molecular complexity index is 109. The summed E-state index contributed by atoms with van der Waals surface area (Å²) >= 11 is 6.83. The van der Waals surface area contributed by atoms with Gasteiger partial charge in [0.15, 0.2) is 0 Å². The first-order valence-corrected chi connectivity index (χ1v) is 5.60. The molecule has 0 aromatic heterocycles. The predicted molar refractivity (Wildman–Crippen MR) is 58.0 cm³/mol. The van der Waals surface area contributed by atoms with Gasteiger partial charge >= 0.3 is 5.24 Å². The molecule has 0 rings (SSSR count). The smallest absolute Gasteiger partial charge is 0.353 e. The fraction of sp³-hybridized carbons (Fsp3) is 0.857. The number of ether oxygens (including phenoxy) is 2. The van der Waals surface area contributed by atoms with Gasteiger partial charge in [-0.05, 0) is 29.0 Å². The molecule has 0 aromatic carbocycles. The van der Waals surface area contributed by atoms with Crippen molar-refractivity contribution in [1.82, 2.24) is 0 Å². The summed E-state index contributed by atoms with van der Waals surface area (Å²) in [6, 6.07) is 0. The number of thiocarbonyl (C=S) groups is 1. The minimum Gasteiger partial charge on any atom is -0.457 e. The van der Waals surface area contributed by atoms with E-state index in [0.29, 0.717) is 11.2 Å². The van der Waals surface area contributed by atoms with Gasteiger partial charge < -0.3 is 9.47 Å². The zero-order valence-corrected chi connectivity index (χ0v) is 9.61. The number of halogens is 1. The number of rotatable bonds is 5. The van der Waals surface area contributed by atoms with Crippen LogP contribution in [0.1, 0.15) is 26.2 Å². The zero-order chi connectivity index (χ0) is 8.53. The first-order chi connectivity index (χ1) is 5.31. The van der Waals surface area contributed by atoms with Crippen LogP contribution in [0.5, 0.6) is 0 Å². The summed E-state index contributed by atoms with van der Waals surface area (Å²) in [6.07, 6.45) is 3.44. The third kappa shape index (κ3) is 8.33. The normalized spacial score (nSPS) is 9.27. The summed E-state index contributed by atoms with van der Waals surface area (Å²) in [4.78, 5) is 0. The van der Waals surface area contributed by atoms with E-state index in [1.54, 1.807) is 0 Å². The van der Waals surface area contributed by atoms with Crippen LogP contribution in [0.15, 0.2) is 0 Å². The minimum absolute atomic E-state index is 0.274. The van der Waals surface area contributed by atoms with E-state index < -0.39 is 0 Å². The second-order valence-electron chi connectivity index (χ2n) is 2.06. The van der Waals surface area contributed by atoms with Gasteiger partial charge in [-0.2, -0.15) is 0 Å². The van der Waals surface area contributed by atoms with Gasteiger partial charge in [-0.1, -0.05) is 19.8 Å². The SMILES string of the molecule is CCCCCOC(=S)OCI. The molecule has 4 heteroatoms. The highest BCUT2D eigenvalue weighted by atomic mass is 127. The van der Waals surface area contributed by atoms with Crippen LogP contribution in [0, 0.1) is 0 Å². The average molecular weight is 288 g/mol. The van der Waals surface area contributed by atoms with Crippen molar-refractivity contribution in [2.45, 2.75) is 26.2 Å². The molecule has 0 aromatic rings. The molecule has 0 atom stereocenters. The van der Waals surface area contributed by atoms with Crippen molar-refractivity contribution >= 4 is 40.0 Å². The van der Waals surface area contributed by atoms with Crippen molar-refractivity contribution in [2.75, 3.05) is 11.2 Å². The van der Waals surface area contributed by atoms with Crippen molar-refractivity contribution in [3.8, 4) is 0 Å². The molecule has 2 nitrogen and oxygen atoms in total. The monoisotopic (exact) mass is 288 g/mol. The first-order valence-electron chi connectivity index (χ1n) is 3.66. The molecule has 0 spiro atoms. The van der Waals surface area contributed by atoms with Crippen LogP contribution in [0.4, 0.5) is 0 Å². The third-order valence-electron chi connectivity index (χ3n) is 1.14. The molecule has 0 aliphatic rings. The Hall–Kier alpha value is 0.420. The fourth-order valence-corrected chi connectivity index (χ4v) is 1.23. The summed E-state index contributed by atoms with van der Waals surface area (Å²) in [5, 5.41) is 0.274. The van der Waals surface area contributed by atoms with E-state index in [1.165, 1.54) is 12.8 Å². The van der Waals surface area contributed by atoms with E-state index >= 15 is 0 Å². The Labute approximate surface area is 86.8 Å². The van der Waals surface area contributed by atoms with Crippen LogP contribution in [-0.2, 0) is 9.47 Å². The van der Waals surface area contributed by atoms with Crippen molar-refractivity contribution in [3.05, 3.63) is 0 Å². The summed E-state index contributed by atoms with van der Waals surface area (Å²) < 4.78 is 10.6. The van der Waals surface area contributed by atoms with E-state index in [4.69, 9.17) is 21.7 Å². The predicted octanol–water partition coefficient (Wildman–Crippen LogP) is 2.89. The largest absolute Gasteiger partial charge is 0.457 e. The topological polar surface area (TPSA) is 18.5 Å². The highest BCUT2D eigenvalue weighted by molar-refractivity contribution is 14.1.